The van der Waals surface area contributed by atoms with Crippen molar-refractivity contribution in [2.45, 2.75) is 44.9 Å². The minimum Gasteiger partial charge on any atom is -0.496 e. The Balaban J connectivity index is 1.51. The van der Waals surface area contributed by atoms with Crippen LogP contribution in [0.1, 0.15) is 43.0 Å². The third-order valence-corrected chi connectivity index (χ3v) is 6.60. The Hall–Kier alpha value is -1.95. The second-order valence-electron chi connectivity index (χ2n) is 8.34. The number of pyridine rings is 1. The minimum atomic E-state index is -0.796. The van der Waals surface area contributed by atoms with Crippen molar-refractivity contribution in [2.24, 2.45) is 11.8 Å². The number of likely N-dealkylation sites (tertiary alicyclic amines) is 1. The smallest absolute Gasteiger partial charge is 0.124 e. The fraction of sp³-hybridized carbons (Fsp3) is 0.542. The molecule has 1 saturated carbocycles. The Morgan fingerprint density at radius 3 is 2.62 bits per heavy atom. The fourth-order valence-electron chi connectivity index (χ4n) is 5.20. The molecular weight excluding hydrogens is 364 g/mol. The maximum atomic E-state index is 11.7. The Bertz CT molecular complexity index is 797. The van der Waals surface area contributed by atoms with E-state index in [1.54, 1.807) is 13.3 Å². The lowest BCUT2D eigenvalue weighted by Gasteiger charge is -2.52. The Morgan fingerprint density at radius 2 is 1.97 bits per heavy atom. The summed E-state index contributed by atoms with van der Waals surface area (Å²) in [6, 6.07) is 12.3. The van der Waals surface area contributed by atoms with Crippen molar-refractivity contribution in [1.29, 1.82) is 0 Å². The van der Waals surface area contributed by atoms with Crippen LogP contribution in [0.25, 0.3) is 0 Å². The highest BCUT2D eigenvalue weighted by Crippen LogP contribution is 2.48. The molecule has 2 bridgehead atoms. The van der Waals surface area contributed by atoms with Crippen LogP contribution >= 0.6 is 0 Å². The standard InChI is InChI=1S/C24H32N2O3/c1-3-29-17-19-13-18(10-11-22(19)28-2)14-26-15-20-7-6-8-21(16-26)24(20,27)23-9-4-5-12-25-23/h4-5,9-13,20-21,27H,3,6-8,14-17H2,1-2H3. The molecule has 2 heterocycles. The molecular formula is C24H32N2O3. The van der Waals surface area contributed by atoms with Gasteiger partial charge in [-0.3, -0.25) is 9.88 Å². The monoisotopic (exact) mass is 396 g/mol. The molecule has 0 radical (unpaired) electrons. The molecule has 156 valence electrons. The summed E-state index contributed by atoms with van der Waals surface area (Å²) in [5, 5.41) is 11.7. The van der Waals surface area contributed by atoms with Gasteiger partial charge in [0.05, 0.1) is 19.4 Å². The zero-order valence-corrected chi connectivity index (χ0v) is 17.5. The number of piperidine rings is 1. The van der Waals surface area contributed by atoms with Crippen LogP contribution in [0.4, 0.5) is 0 Å². The van der Waals surface area contributed by atoms with Gasteiger partial charge in [-0.15, -0.1) is 0 Å². The summed E-state index contributed by atoms with van der Waals surface area (Å²) in [6.45, 7) is 5.94. The summed E-state index contributed by atoms with van der Waals surface area (Å²) in [5.41, 5.74) is 2.41. The predicted molar refractivity (Wildman–Crippen MR) is 113 cm³/mol. The number of rotatable bonds is 7. The number of methoxy groups -OCH3 is 1. The van der Waals surface area contributed by atoms with Crippen LogP contribution in [-0.2, 0) is 23.5 Å². The first-order chi connectivity index (χ1) is 14.1. The number of hydrogen-bond donors (Lipinski definition) is 1. The van der Waals surface area contributed by atoms with Gasteiger partial charge in [0.25, 0.3) is 0 Å². The number of ether oxygens (including phenoxy) is 2. The number of fused-ring (bicyclic) bond motifs is 2. The molecule has 1 aromatic heterocycles. The van der Waals surface area contributed by atoms with E-state index < -0.39 is 5.60 Å². The van der Waals surface area contributed by atoms with Gasteiger partial charge >= 0.3 is 0 Å². The number of benzene rings is 1. The van der Waals surface area contributed by atoms with E-state index in [0.717, 1.165) is 49.5 Å². The van der Waals surface area contributed by atoms with E-state index in [-0.39, 0.29) is 11.8 Å². The largest absolute Gasteiger partial charge is 0.496 e. The van der Waals surface area contributed by atoms with E-state index in [0.29, 0.717) is 13.2 Å². The molecule has 0 spiro atoms. The van der Waals surface area contributed by atoms with Crippen molar-refractivity contribution in [3.8, 4) is 5.75 Å². The topological polar surface area (TPSA) is 54.8 Å². The molecule has 2 aromatic rings. The summed E-state index contributed by atoms with van der Waals surface area (Å²) in [6.07, 6.45) is 5.10. The van der Waals surface area contributed by atoms with E-state index >= 15 is 0 Å². The number of hydrogen-bond acceptors (Lipinski definition) is 5. The lowest BCUT2D eigenvalue weighted by atomic mass is 9.64. The summed E-state index contributed by atoms with van der Waals surface area (Å²) < 4.78 is 11.1. The lowest BCUT2D eigenvalue weighted by Crippen LogP contribution is -2.58. The van der Waals surface area contributed by atoms with Gasteiger partial charge in [-0.1, -0.05) is 18.6 Å². The Kier molecular flexibility index (Phi) is 6.18. The third kappa shape index (κ3) is 4.04. The molecule has 4 rings (SSSR count). The highest BCUT2D eigenvalue weighted by molar-refractivity contribution is 5.37. The second kappa shape index (κ2) is 8.82. The number of aliphatic hydroxyl groups is 1. The normalized spacial score (nSPS) is 27.0. The second-order valence-corrected chi connectivity index (χ2v) is 8.34. The number of aromatic nitrogens is 1. The van der Waals surface area contributed by atoms with Gasteiger partial charge < -0.3 is 14.6 Å². The first kappa shape index (κ1) is 20.3. The molecule has 5 nitrogen and oxygen atoms in total. The van der Waals surface area contributed by atoms with Crippen LogP contribution in [0.3, 0.4) is 0 Å². The van der Waals surface area contributed by atoms with Crippen molar-refractivity contribution in [1.82, 2.24) is 9.88 Å². The average molecular weight is 397 g/mol. The molecule has 0 amide bonds. The summed E-state index contributed by atoms with van der Waals surface area (Å²) in [7, 11) is 1.70. The molecule has 1 aliphatic heterocycles. The van der Waals surface area contributed by atoms with Gasteiger partial charge in [-0.05, 0) is 49.6 Å². The van der Waals surface area contributed by atoms with Gasteiger partial charge in [0, 0.05) is 49.8 Å². The first-order valence-corrected chi connectivity index (χ1v) is 10.7. The van der Waals surface area contributed by atoms with Gasteiger partial charge in [0.1, 0.15) is 11.4 Å². The maximum absolute atomic E-state index is 11.7. The molecule has 1 N–H and O–H groups in total. The van der Waals surface area contributed by atoms with Crippen molar-refractivity contribution >= 4 is 0 Å². The summed E-state index contributed by atoms with van der Waals surface area (Å²) in [4.78, 5) is 7.03. The molecule has 5 heteroatoms. The van der Waals surface area contributed by atoms with Crippen LogP contribution < -0.4 is 4.74 Å². The van der Waals surface area contributed by atoms with Crippen LogP contribution in [0.2, 0.25) is 0 Å². The maximum Gasteiger partial charge on any atom is 0.124 e. The Labute approximate surface area is 173 Å². The predicted octanol–water partition coefficient (Wildman–Crippen LogP) is 3.75. The van der Waals surface area contributed by atoms with E-state index in [9.17, 15) is 5.11 Å². The highest BCUT2D eigenvalue weighted by Gasteiger charge is 2.52. The molecule has 2 atom stereocenters. The summed E-state index contributed by atoms with van der Waals surface area (Å²) >= 11 is 0. The number of nitrogens with zero attached hydrogens (tertiary/aromatic N) is 2. The zero-order valence-electron chi connectivity index (χ0n) is 17.5. The zero-order chi connectivity index (χ0) is 20.3. The van der Waals surface area contributed by atoms with E-state index in [2.05, 4.69) is 22.0 Å². The molecule has 1 aromatic carbocycles. The molecule has 29 heavy (non-hydrogen) atoms. The van der Waals surface area contributed by atoms with Gasteiger partial charge in [0.15, 0.2) is 0 Å². The molecule has 1 aliphatic carbocycles. The van der Waals surface area contributed by atoms with Gasteiger partial charge in [-0.25, -0.2) is 0 Å². The Morgan fingerprint density at radius 1 is 1.17 bits per heavy atom. The van der Waals surface area contributed by atoms with Gasteiger partial charge in [-0.2, -0.15) is 0 Å². The summed E-state index contributed by atoms with van der Waals surface area (Å²) in [5.74, 6) is 1.33. The van der Waals surface area contributed by atoms with Crippen LogP contribution in [0, 0.1) is 11.8 Å². The third-order valence-electron chi connectivity index (χ3n) is 6.60. The van der Waals surface area contributed by atoms with E-state index in [4.69, 9.17) is 9.47 Å². The van der Waals surface area contributed by atoms with Crippen molar-refractivity contribution in [3.05, 3.63) is 59.4 Å². The lowest BCUT2D eigenvalue weighted by molar-refractivity contribution is -0.151. The molecule has 2 aliphatic rings. The van der Waals surface area contributed by atoms with Crippen molar-refractivity contribution < 1.29 is 14.6 Å². The highest BCUT2D eigenvalue weighted by atomic mass is 16.5. The van der Waals surface area contributed by atoms with E-state index in [1.807, 2.05) is 31.2 Å². The van der Waals surface area contributed by atoms with Crippen molar-refractivity contribution in [3.63, 3.8) is 0 Å². The molecule has 1 saturated heterocycles. The quantitative estimate of drug-likeness (QED) is 0.773. The van der Waals surface area contributed by atoms with Gasteiger partial charge in [0.2, 0.25) is 0 Å². The minimum absolute atomic E-state index is 0.228. The van der Waals surface area contributed by atoms with Crippen LogP contribution in [0.5, 0.6) is 5.75 Å². The fourth-order valence-corrected chi connectivity index (χ4v) is 5.20. The van der Waals surface area contributed by atoms with Crippen LogP contribution in [0.15, 0.2) is 42.6 Å². The average Bonchev–Trinajstić information content (AvgIpc) is 2.74. The molecule has 2 fully saturated rings. The van der Waals surface area contributed by atoms with E-state index in [1.165, 1.54) is 12.0 Å². The SMILES string of the molecule is CCOCc1cc(CN2CC3CCCC(C2)C3(O)c2ccccn2)ccc1OC. The molecule has 2 unspecified atom stereocenters. The first-order valence-electron chi connectivity index (χ1n) is 10.7. The van der Waals surface area contributed by atoms with Crippen molar-refractivity contribution in [2.75, 3.05) is 26.8 Å². The van der Waals surface area contributed by atoms with Crippen LogP contribution in [-0.4, -0.2) is 41.8 Å².